The van der Waals surface area contributed by atoms with Crippen LogP contribution in [-0.4, -0.2) is 47.7 Å². The van der Waals surface area contributed by atoms with Crippen molar-refractivity contribution in [2.75, 3.05) is 31.6 Å². The highest BCUT2D eigenvalue weighted by atomic mass is 19.1. The smallest absolute Gasteiger partial charge is 0.171 e. The molecule has 1 aromatic heterocycles. The van der Waals surface area contributed by atoms with Crippen LogP contribution in [0.5, 0.6) is 0 Å². The van der Waals surface area contributed by atoms with Gasteiger partial charge < -0.3 is 14.9 Å². The third-order valence-corrected chi connectivity index (χ3v) is 3.77. The van der Waals surface area contributed by atoms with E-state index in [9.17, 15) is 4.39 Å². The van der Waals surface area contributed by atoms with Crippen molar-refractivity contribution in [2.45, 2.75) is 32.4 Å². The molecule has 1 aromatic rings. The van der Waals surface area contributed by atoms with Crippen LogP contribution in [0, 0.1) is 5.82 Å². The number of aliphatic hydroxyl groups is 1. The minimum Gasteiger partial charge on any atom is -0.392 e. The van der Waals surface area contributed by atoms with Crippen LogP contribution in [0.4, 0.5) is 10.2 Å². The zero-order valence-electron chi connectivity index (χ0n) is 11.6. The first-order chi connectivity index (χ1) is 9.17. The van der Waals surface area contributed by atoms with Gasteiger partial charge in [0.25, 0.3) is 0 Å². The molecule has 0 radical (unpaired) electrons. The molecular formula is C14H22FN3O. The molecule has 2 rings (SSSR count). The van der Waals surface area contributed by atoms with E-state index in [-0.39, 0.29) is 18.5 Å². The number of rotatable bonds is 3. The van der Waals surface area contributed by atoms with Crippen molar-refractivity contribution in [1.82, 2.24) is 9.88 Å². The summed E-state index contributed by atoms with van der Waals surface area (Å²) in [6.07, 6.45) is 3.53. The molecule has 0 aromatic carbocycles. The Labute approximate surface area is 113 Å². The summed E-state index contributed by atoms with van der Waals surface area (Å²) in [5, 5.41) is 9.17. The topological polar surface area (TPSA) is 39.6 Å². The maximum atomic E-state index is 14.3. The molecule has 5 heteroatoms. The quantitative estimate of drug-likeness (QED) is 0.903. The van der Waals surface area contributed by atoms with E-state index in [0.717, 1.165) is 32.5 Å². The van der Waals surface area contributed by atoms with Gasteiger partial charge in [0, 0.05) is 30.9 Å². The second-order valence-electron chi connectivity index (χ2n) is 5.14. The minimum absolute atomic E-state index is 0.267. The number of hydrogen-bond donors (Lipinski definition) is 1. The molecule has 1 aliphatic heterocycles. The number of likely N-dealkylation sites (N-methyl/N-ethyl adjacent to an activating group) is 1. The molecule has 0 bridgehead atoms. The van der Waals surface area contributed by atoms with Gasteiger partial charge in [0.1, 0.15) is 0 Å². The van der Waals surface area contributed by atoms with E-state index in [1.165, 1.54) is 6.07 Å². The summed E-state index contributed by atoms with van der Waals surface area (Å²) >= 11 is 0. The van der Waals surface area contributed by atoms with E-state index in [4.69, 9.17) is 5.11 Å². The predicted molar refractivity (Wildman–Crippen MR) is 73.7 cm³/mol. The Bertz CT molecular complexity index is 427. The Morgan fingerprint density at radius 1 is 1.47 bits per heavy atom. The van der Waals surface area contributed by atoms with Crippen LogP contribution in [0.3, 0.4) is 0 Å². The first-order valence-electron chi connectivity index (χ1n) is 6.86. The Morgan fingerprint density at radius 3 is 2.95 bits per heavy atom. The number of hydrogen-bond acceptors (Lipinski definition) is 4. The van der Waals surface area contributed by atoms with Crippen LogP contribution in [-0.2, 0) is 6.61 Å². The van der Waals surface area contributed by atoms with Gasteiger partial charge in [0.15, 0.2) is 11.6 Å². The standard InChI is InChI=1S/C14H22FN3O/c1-3-12-9-17(2)7-4-8-18(12)14-13(15)11(10-19)5-6-16-14/h5-6,12,19H,3-4,7-10H2,1-2H3. The Morgan fingerprint density at radius 2 is 2.26 bits per heavy atom. The molecule has 1 fully saturated rings. The number of anilines is 1. The molecule has 0 aliphatic carbocycles. The van der Waals surface area contributed by atoms with Crippen molar-refractivity contribution < 1.29 is 9.50 Å². The normalized spacial score (nSPS) is 21.5. The number of aromatic nitrogens is 1. The van der Waals surface area contributed by atoms with Crippen LogP contribution in [0.25, 0.3) is 0 Å². The summed E-state index contributed by atoms with van der Waals surface area (Å²) in [5.74, 6) is 0.00158. The van der Waals surface area contributed by atoms with Gasteiger partial charge in [-0.05, 0) is 32.5 Å². The second-order valence-corrected chi connectivity index (χ2v) is 5.14. The van der Waals surface area contributed by atoms with Crippen LogP contribution in [0.15, 0.2) is 12.3 Å². The lowest BCUT2D eigenvalue weighted by Crippen LogP contribution is -2.40. The summed E-state index contributed by atoms with van der Waals surface area (Å²) in [6.45, 7) is 4.58. The summed E-state index contributed by atoms with van der Waals surface area (Å²) in [7, 11) is 2.10. The molecule has 0 saturated carbocycles. The van der Waals surface area contributed by atoms with E-state index < -0.39 is 0 Å². The third kappa shape index (κ3) is 3.04. The number of pyridine rings is 1. The van der Waals surface area contributed by atoms with E-state index in [2.05, 4.69) is 28.8 Å². The average Bonchev–Trinajstić information content (AvgIpc) is 2.60. The van der Waals surface area contributed by atoms with Gasteiger partial charge in [0.05, 0.1) is 6.61 Å². The molecule has 4 nitrogen and oxygen atoms in total. The molecule has 1 unspecified atom stereocenters. The van der Waals surface area contributed by atoms with Crippen molar-refractivity contribution in [1.29, 1.82) is 0 Å². The molecule has 19 heavy (non-hydrogen) atoms. The largest absolute Gasteiger partial charge is 0.392 e. The van der Waals surface area contributed by atoms with E-state index >= 15 is 0 Å². The predicted octanol–water partition coefficient (Wildman–Crippen LogP) is 1.63. The van der Waals surface area contributed by atoms with Gasteiger partial charge >= 0.3 is 0 Å². The molecular weight excluding hydrogens is 245 g/mol. The molecule has 0 amide bonds. The first kappa shape index (κ1) is 14.2. The van der Waals surface area contributed by atoms with Crippen molar-refractivity contribution in [2.24, 2.45) is 0 Å². The number of halogens is 1. The molecule has 1 N–H and O–H groups in total. The molecule has 1 atom stereocenters. The third-order valence-electron chi connectivity index (χ3n) is 3.77. The molecule has 0 spiro atoms. The van der Waals surface area contributed by atoms with Crippen molar-refractivity contribution >= 4 is 5.82 Å². The van der Waals surface area contributed by atoms with Gasteiger partial charge in [-0.25, -0.2) is 9.37 Å². The van der Waals surface area contributed by atoms with Gasteiger partial charge in [0.2, 0.25) is 0 Å². The van der Waals surface area contributed by atoms with E-state index in [0.29, 0.717) is 11.4 Å². The fourth-order valence-electron chi connectivity index (χ4n) is 2.67. The average molecular weight is 267 g/mol. The molecule has 1 saturated heterocycles. The number of aliphatic hydroxyl groups excluding tert-OH is 1. The Hall–Kier alpha value is -1.20. The fraction of sp³-hybridized carbons (Fsp3) is 0.643. The lowest BCUT2D eigenvalue weighted by molar-refractivity contribution is 0.275. The van der Waals surface area contributed by atoms with Gasteiger partial charge in [-0.1, -0.05) is 6.92 Å². The van der Waals surface area contributed by atoms with Crippen LogP contribution < -0.4 is 4.90 Å². The lowest BCUT2D eigenvalue weighted by atomic mass is 10.1. The van der Waals surface area contributed by atoms with Gasteiger partial charge in [-0.2, -0.15) is 0 Å². The summed E-state index contributed by atoms with van der Waals surface area (Å²) < 4.78 is 14.3. The Kier molecular flexibility index (Phi) is 4.71. The van der Waals surface area contributed by atoms with E-state index in [1.54, 1.807) is 6.20 Å². The monoisotopic (exact) mass is 267 g/mol. The lowest BCUT2D eigenvalue weighted by Gasteiger charge is -2.31. The van der Waals surface area contributed by atoms with Crippen molar-refractivity contribution in [3.05, 3.63) is 23.6 Å². The minimum atomic E-state index is -0.381. The maximum Gasteiger partial charge on any atom is 0.171 e. The highest BCUT2D eigenvalue weighted by Crippen LogP contribution is 2.24. The summed E-state index contributed by atoms with van der Waals surface area (Å²) in [6, 6.07) is 1.80. The highest BCUT2D eigenvalue weighted by molar-refractivity contribution is 5.44. The van der Waals surface area contributed by atoms with Crippen LogP contribution >= 0.6 is 0 Å². The van der Waals surface area contributed by atoms with Crippen LogP contribution in [0.1, 0.15) is 25.3 Å². The zero-order chi connectivity index (χ0) is 13.8. The van der Waals surface area contributed by atoms with Crippen LogP contribution in [0.2, 0.25) is 0 Å². The Balaban J connectivity index is 2.32. The SMILES string of the molecule is CCC1CN(C)CCCN1c1nccc(CO)c1F. The van der Waals surface area contributed by atoms with Crippen molar-refractivity contribution in [3.8, 4) is 0 Å². The summed E-state index contributed by atoms with van der Waals surface area (Å²) in [4.78, 5) is 8.53. The summed E-state index contributed by atoms with van der Waals surface area (Å²) in [5.41, 5.74) is 0.317. The molecule has 106 valence electrons. The highest BCUT2D eigenvalue weighted by Gasteiger charge is 2.26. The zero-order valence-corrected chi connectivity index (χ0v) is 11.6. The first-order valence-corrected chi connectivity index (χ1v) is 6.86. The maximum absolute atomic E-state index is 14.3. The van der Waals surface area contributed by atoms with Gasteiger partial charge in [-0.3, -0.25) is 0 Å². The fourth-order valence-corrected chi connectivity index (χ4v) is 2.67. The molecule has 1 aliphatic rings. The number of nitrogens with zero attached hydrogens (tertiary/aromatic N) is 3. The second kappa shape index (κ2) is 6.30. The van der Waals surface area contributed by atoms with Gasteiger partial charge in [-0.15, -0.1) is 0 Å². The van der Waals surface area contributed by atoms with Crippen molar-refractivity contribution in [3.63, 3.8) is 0 Å². The molecule has 2 heterocycles. The van der Waals surface area contributed by atoms with E-state index in [1.807, 2.05) is 0 Å².